The molecule has 2 aromatic rings. The second-order valence-electron chi connectivity index (χ2n) is 4.88. The highest BCUT2D eigenvalue weighted by molar-refractivity contribution is 5.85. The monoisotopic (exact) mass is 232 g/mol. The second-order valence-corrected chi connectivity index (χ2v) is 4.88. The van der Waals surface area contributed by atoms with Crippen LogP contribution in [0, 0.1) is 12.7 Å². The molecule has 0 amide bonds. The van der Waals surface area contributed by atoms with Gasteiger partial charge in [-0.1, -0.05) is 0 Å². The van der Waals surface area contributed by atoms with Gasteiger partial charge in [0.2, 0.25) is 0 Å². The van der Waals surface area contributed by atoms with Gasteiger partial charge in [-0.05, 0) is 50.1 Å². The van der Waals surface area contributed by atoms with E-state index < -0.39 is 0 Å². The first-order valence-electron chi connectivity index (χ1n) is 6.16. The van der Waals surface area contributed by atoms with E-state index in [1.807, 2.05) is 13.1 Å². The number of fused-ring (bicyclic) bond motifs is 1. The molecule has 1 fully saturated rings. The van der Waals surface area contributed by atoms with Crippen LogP contribution in [0.5, 0.6) is 0 Å². The first kappa shape index (κ1) is 10.8. The molecule has 0 spiro atoms. The predicted octanol–water partition coefficient (Wildman–Crippen LogP) is 3.05. The number of nitrogens with zero attached hydrogens (tertiary/aromatic N) is 1. The molecule has 1 saturated heterocycles. The van der Waals surface area contributed by atoms with E-state index in [1.165, 1.54) is 24.1 Å². The standard InChI is InChI=1S/C14H17FN2/c1-9-11-6-5-10(15)8-13(11)17(2)14(9)12-4-3-7-16-12/h5-6,8,12,16H,3-4,7H2,1-2H3. The maximum Gasteiger partial charge on any atom is 0.125 e. The summed E-state index contributed by atoms with van der Waals surface area (Å²) in [6.07, 6.45) is 2.40. The normalized spacial score (nSPS) is 20.3. The van der Waals surface area contributed by atoms with Crippen LogP contribution in [0.3, 0.4) is 0 Å². The summed E-state index contributed by atoms with van der Waals surface area (Å²) in [6.45, 7) is 3.22. The number of hydrogen-bond donors (Lipinski definition) is 1. The lowest BCUT2D eigenvalue weighted by molar-refractivity contribution is 0.599. The number of nitrogens with one attached hydrogen (secondary N) is 1. The first-order chi connectivity index (χ1) is 8.18. The summed E-state index contributed by atoms with van der Waals surface area (Å²) >= 11 is 0. The van der Waals surface area contributed by atoms with Crippen molar-refractivity contribution in [2.24, 2.45) is 7.05 Å². The van der Waals surface area contributed by atoms with Crippen molar-refractivity contribution in [2.45, 2.75) is 25.8 Å². The van der Waals surface area contributed by atoms with Crippen molar-refractivity contribution in [3.8, 4) is 0 Å². The number of halogens is 1. The third kappa shape index (κ3) is 1.57. The van der Waals surface area contributed by atoms with Gasteiger partial charge in [0.05, 0.1) is 5.52 Å². The molecule has 1 unspecified atom stereocenters. The number of hydrogen-bond acceptors (Lipinski definition) is 1. The van der Waals surface area contributed by atoms with Gasteiger partial charge in [0, 0.05) is 24.2 Å². The van der Waals surface area contributed by atoms with Crippen LogP contribution < -0.4 is 5.32 Å². The Hall–Kier alpha value is -1.35. The smallest absolute Gasteiger partial charge is 0.125 e. The Morgan fingerprint density at radius 2 is 2.24 bits per heavy atom. The maximum atomic E-state index is 13.3. The summed E-state index contributed by atoms with van der Waals surface area (Å²) in [6, 6.07) is 5.48. The van der Waals surface area contributed by atoms with Crippen LogP contribution in [0.15, 0.2) is 18.2 Å². The lowest BCUT2D eigenvalue weighted by atomic mass is 10.1. The minimum atomic E-state index is -0.163. The van der Waals surface area contributed by atoms with Crippen LogP contribution in [-0.4, -0.2) is 11.1 Å². The number of rotatable bonds is 1. The van der Waals surface area contributed by atoms with E-state index in [9.17, 15) is 4.39 Å². The number of aromatic nitrogens is 1. The Labute approximate surface area is 100 Å². The fourth-order valence-electron chi connectivity index (χ4n) is 3.03. The van der Waals surface area contributed by atoms with Gasteiger partial charge in [0.25, 0.3) is 0 Å². The largest absolute Gasteiger partial charge is 0.346 e. The summed E-state index contributed by atoms with van der Waals surface area (Å²) in [7, 11) is 2.03. The molecule has 3 heteroatoms. The van der Waals surface area contributed by atoms with Gasteiger partial charge in [-0.15, -0.1) is 0 Å². The average molecular weight is 232 g/mol. The SMILES string of the molecule is Cc1c(C2CCCN2)n(C)c2cc(F)ccc12. The minimum Gasteiger partial charge on any atom is -0.346 e. The molecule has 2 nitrogen and oxygen atoms in total. The zero-order valence-electron chi connectivity index (χ0n) is 10.3. The summed E-state index contributed by atoms with van der Waals surface area (Å²) in [5.74, 6) is -0.163. The van der Waals surface area contributed by atoms with Crippen molar-refractivity contribution in [3.05, 3.63) is 35.3 Å². The molecule has 2 heterocycles. The van der Waals surface area contributed by atoms with Gasteiger partial charge >= 0.3 is 0 Å². The van der Waals surface area contributed by atoms with Gasteiger partial charge in [0.1, 0.15) is 5.82 Å². The molecular weight excluding hydrogens is 215 g/mol. The van der Waals surface area contributed by atoms with Crippen molar-refractivity contribution in [1.29, 1.82) is 0 Å². The summed E-state index contributed by atoms with van der Waals surface area (Å²) < 4.78 is 15.4. The van der Waals surface area contributed by atoms with E-state index in [0.29, 0.717) is 6.04 Å². The lowest BCUT2D eigenvalue weighted by Crippen LogP contribution is -2.16. The molecule has 1 N–H and O–H groups in total. The van der Waals surface area contributed by atoms with Crippen LogP contribution >= 0.6 is 0 Å². The summed E-state index contributed by atoms with van der Waals surface area (Å²) in [5, 5.41) is 4.68. The van der Waals surface area contributed by atoms with Crippen LogP contribution in [0.1, 0.15) is 30.1 Å². The molecule has 17 heavy (non-hydrogen) atoms. The molecule has 1 aliphatic rings. The zero-order valence-corrected chi connectivity index (χ0v) is 10.3. The molecular formula is C14H17FN2. The molecule has 0 bridgehead atoms. The highest BCUT2D eigenvalue weighted by Gasteiger charge is 2.23. The van der Waals surface area contributed by atoms with Gasteiger partial charge in [-0.25, -0.2) is 4.39 Å². The molecule has 0 aliphatic carbocycles. The van der Waals surface area contributed by atoms with E-state index >= 15 is 0 Å². The second kappa shape index (κ2) is 3.84. The van der Waals surface area contributed by atoms with E-state index in [4.69, 9.17) is 0 Å². The molecule has 1 aromatic heterocycles. The Bertz CT molecular complexity index is 565. The Morgan fingerprint density at radius 3 is 2.94 bits per heavy atom. The molecule has 1 aliphatic heterocycles. The van der Waals surface area contributed by atoms with E-state index in [-0.39, 0.29) is 5.82 Å². The fraction of sp³-hybridized carbons (Fsp3) is 0.429. The molecule has 3 rings (SSSR count). The van der Waals surface area contributed by atoms with Crippen LogP contribution in [0.4, 0.5) is 4.39 Å². The highest BCUT2D eigenvalue weighted by atomic mass is 19.1. The Kier molecular flexibility index (Phi) is 2.44. The Morgan fingerprint density at radius 1 is 1.41 bits per heavy atom. The van der Waals surface area contributed by atoms with Crippen LogP contribution in [-0.2, 0) is 7.05 Å². The highest BCUT2D eigenvalue weighted by Crippen LogP contribution is 2.32. The molecule has 0 radical (unpaired) electrons. The third-order valence-electron chi connectivity index (χ3n) is 3.86. The van der Waals surface area contributed by atoms with Crippen LogP contribution in [0.25, 0.3) is 10.9 Å². The quantitative estimate of drug-likeness (QED) is 0.799. The predicted molar refractivity (Wildman–Crippen MR) is 67.6 cm³/mol. The van der Waals surface area contributed by atoms with Crippen molar-refractivity contribution >= 4 is 10.9 Å². The summed E-state index contributed by atoms with van der Waals surface area (Å²) in [5.41, 5.74) is 3.58. The van der Waals surface area contributed by atoms with Gasteiger partial charge in [-0.3, -0.25) is 0 Å². The van der Waals surface area contributed by atoms with Crippen molar-refractivity contribution < 1.29 is 4.39 Å². The van der Waals surface area contributed by atoms with Crippen LogP contribution in [0.2, 0.25) is 0 Å². The molecule has 1 atom stereocenters. The average Bonchev–Trinajstić information content (AvgIpc) is 2.88. The van der Waals surface area contributed by atoms with E-state index in [0.717, 1.165) is 17.4 Å². The van der Waals surface area contributed by atoms with Gasteiger partial charge in [0.15, 0.2) is 0 Å². The van der Waals surface area contributed by atoms with Gasteiger partial charge in [-0.2, -0.15) is 0 Å². The molecule has 0 saturated carbocycles. The minimum absolute atomic E-state index is 0.163. The Balaban J connectivity index is 2.24. The summed E-state index contributed by atoms with van der Waals surface area (Å²) in [4.78, 5) is 0. The lowest BCUT2D eigenvalue weighted by Gasteiger charge is -2.13. The number of aryl methyl sites for hydroxylation is 2. The topological polar surface area (TPSA) is 17.0 Å². The van der Waals surface area contributed by atoms with Gasteiger partial charge < -0.3 is 9.88 Å². The molecule has 90 valence electrons. The zero-order chi connectivity index (χ0) is 12.0. The first-order valence-corrected chi connectivity index (χ1v) is 6.16. The van der Waals surface area contributed by atoms with Crippen molar-refractivity contribution in [3.63, 3.8) is 0 Å². The third-order valence-corrected chi connectivity index (χ3v) is 3.86. The van der Waals surface area contributed by atoms with E-state index in [2.05, 4.69) is 16.8 Å². The maximum absolute atomic E-state index is 13.3. The van der Waals surface area contributed by atoms with E-state index in [1.54, 1.807) is 12.1 Å². The number of benzene rings is 1. The van der Waals surface area contributed by atoms with Crippen molar-refractivity contribution in [2.75, 3.05) is 6.54 Å². The molecule has 1 aromatic carbocycles. The fourth-order valence-corrected chi connectivity index (χ4v) is 3.03. The van der Waals surface area contributed by atoms with Crippen molar-refractivity contribution in [1.82, 2.24) is 9.88 Å².